The fourth-order valence-corrected chi connectivity index (χ4v) is 3.35. The van der Waals surface area contributed by atoms with Crippen LogP contribution < -0.4 is 11.1 Å². The highest BCUT2D eigenvalue weighted by molar-refractivity contribution is 8.00. The highest BCUT2D eigenvalue weighted by atomic mass is 32.2. The van der Waals surface area contributed by atoms with E-state index < -0.39 is 0 Å². The van der Waals surface area contributed by atoms with Crippen LogP contribution in [0, 0.1) is 6.92 Å². The van der Waals surface area contributed by atoms with E-state index in [2.05, 4.69) is 30.4 Å². The van der Waals surface area contributed by atoms with Crippen LogP contribution in [0.1, 0.15) is 42.1 Å². The fourth-order valence-electron chi connectivity index (χ4n) is 1.81. The van der Waals surface area contributed by atoms with Gasteiger partial charge in [0, 0.05) is 11.3 Å². The molecule has 1 aromatic heterocycles. The Labute approximate surface area is 117 Å². The number of thiazole rings is 1. The van der Waals surface area contributed by atoms with E-state index in [0.717, 1.165) is 12.8 Å². The normalized spacial score (nSPS) is 11.6. The van der Waals surface area contributed by atoms with Crippen molar-refractivity contribution in [2.75, 3.05) is 18.5 Å². The summed E-state index contributed by atoms with van der Waals surface area (Å²) in [5, 5.41) is 3.45. The van der Waals surface area contributed by atoms with Crippen molar-refractivity contribution < 1.29 is 4.79 Å². The number of nitrogens with one attached hydrogen (secondary N) is 1. The van der Waals surface area contributed by atoms with E-state index in [1.807, 2.05) is 18.7 Å². The van der Waals surface area contributed by atoms with Crippen LogP contribution in [0.2, 0.25) is 0 Å². The van der Waals surface area contributed by atoms with Crippen molar-refractivity contribution in [2.45, 2.75) is 38.4 Å². The number of anilines is 1. The molecule has 0 aliphatic carbocycles. The minimum absolute atomic E-state index is 0.0676. The average Bonchev–Trinajstić information content (AvgIpc) is 2.70. The summed E-state index contributed by atoms with van der Waals surface area (Å²) in [4.78, 5) is 16.8. The van der Waals surface area contributed by atoms with Gasteiger partial charge in [-0.15, -0.1) is 0 Å². The Morgan fingerprint density at radius 2 is 2.11 bits per heavy atom. The quantitative estimate of drug-likeness (QED) is 0.844. The number of amides is 1. The third kappa shape index (κ3) is 3.38. The summed E-state index contributed by atoms with van der Waals surface area (Å²) in [5.41, 5.74) is 6.31. The summed E-state index contributed by atoms with van der Waals surface area (Å²) in [6, 6.07) is 0. The monoisotopic (exact) mass is 287 g/mol. The average molecular weight is 287 g/mol. The van der Waals surface area contributed by atoms with E-state index in [1.54, 1.807) is 0 Å². The number of carbonyl (C=O) groups excluding carboxylic acids is 1. The second-order valence-corrected chi connectivity index (χ2v) is 6.55. The summed E-state index contributed by atoms with van der Waals surface area (Å²) in [5.74, 6) is -0.0676. The third-order valence-corrected chi connectivity index (χ3v) is 5.89. The van der Waals surface area contributed by atoms with Gasteiger partial charge in [0.1, 0.15) is 4.88 Å². The van der Waals surface area contributed by atoms with E-state index in [0.29, 0.717) is 22.2 Å². The van der Waals surface area contributed by atoms with Crippen LogP contribution in [-0.4, -0.2) is 28.4 Å². The Bertz CT molecular complexity index is 405. The SMILES string of the molecule is CCC(CC)(CNC(=O)c1sc(N)nc1C)SC. The van der Waals surface area contributed by atoms with Gasteiger partial charge in [0.15, 0.2) is 5.13 Å². The Hall–Kier alpha value is -0.750. The molecule has 4 nitrogen and oxygen atoms in total. The number of nitrogens with zero attached hydrogens (tertiary/aromatic N) is 1. The molecular weight excluding hydrogens is 266 g/mol. The lowest BCUT2D eigenvalue weighted by molar-refractivity contribution is 0.0952. The number of aryl methyl sites for hydroxylation is 1. The molecule has 0 saturated carbocycles. The van der Waals surface area contributed by atoms with Gasteiger partial charge in [-0.3, -0.25) is 4.79 Å². The number of nitrogens with two attached hydrogens (primary N) is 1. The van der Waals surface area contributed by atoms with Crippen LogP contribution in [0.3, 0.4) is 0 Å². The lowest BCUT2D eigenvalue weighted by atomic mass is 10.0. The van der Waals surface area contributed by atoms with Gasteiger partial charge in [-0.05, 0) is 26.0 Å². The predicted octanol–water partition coefficient (Wildman–Crippen LogP) is 2.69. The summed E-state index contributed by atoms with van der Waals surface area (Å²) in [7, 11) is 0. The third-order valence-electron chi connectivity index (χ3n) is 3.31. The minimum atomic E-state index is -0.0676. The Morgan fingerprint density at radius 3 is 2.50 bits per heavy atom. The first-order chi connectivity index (χ1) is 8.48. The molecule has 1 aromatic rings. The number of nitrogen functional groups attached to an aromatic ring is 1. The highest BCUT2D eigenvalue weighted by Gasteiger charge is 2.26. The topological polar surface area (TPSA) is 68.0 Å². The number of thioether (sulfide) groups is 1. The molecule has 18 heavy (non-hydrogen) atoms. The predicted molar refractivity (Wildman–Crippen MR) is 80.4 cm³/mol. The largest absolute Gasteiger partial charge is 0.375 e. The van der Waals surface area contributed by atoms with E-state index in [9.17, 15) is 4.79 Å². The van der Waals surface area contributed by atoms with E-state index in [-0.39, 0.29) is 10.7 Å². The van der Waals surface area contributed by atoms with Crippen molar-refractivity contribution in [3.05, 3.63) is 10.6 Å². The molecule has 0 unspecified atom stereocenters. The van der Waals surface area contributed by atoms with Gasteiger partial charge in [0.05, 0.1) is 5.69 Å². The zero-order chi connectivity index (χ0) is 13.8. The van der Waals surface area contributed by atoms with Crippen molar-refractivity contribution in [2.24, 2.45) is 0 Å². The molecule has 0 bridgehead atoms. The Balaban J connectivity index is 2.69. The molecule has 0 aromatic carbocycles. The first-order valence-electron chi connectivity index (χ1n) is 6.04. The maximum absolute atomic E-state index is 12.1. The number of carbonyl (C=O) groups is 1. The molecule has 0 saturated heterocycles. The lowest BCUT2D eigenvalue weighted by Gasteiger charge is -2.29. The molecule has 0 aliphatic heterocycles. The van der Waals surface area contributed by atoms with E-state index in [4.69, 9.17) is 5.73 Å². The lowest BCUT2D eigenvalue weighted by Crippen LogP contribution is -2.39. The van der Waals surface area contributed by atoms with E-state index >= 15 is 0 Å². The number of rotatable bonds is 6. The summed E-state index contributed by atoms with van der Waals surface area (Å²) < 4.78 is 0.125. The van der Waals surface area contributed by atoms with Gasteiger partial charge in [0.25, 0.3) is 5.91 Å². The summed E-state index contributed by atoms with van der Waals surface area (Å²) >= 11 is 3.06. The molecule has 0 atom stereocenters. The number of aromatic nitrogens is 1. The van der Waals surface area contributed by atoms with Crippen LogP contribution in [0.25, 0.3) is 0 Å². The standard InChI is InChI=1S/C12H21N3OS2/c1-5-12(6-2,17-4)7-14-10(16)9-8(3)15-11(13)18-9/h5-7H2,1-4H3,(H2,13,15)(H,14,16). The molecule has 1 heterocycles. The molecule has 0 spiro atoms. The molecule has 1 rings (SSSR count). The molecule has 0 aliphatic rings. The highest BCUT2D eigenvalue weighted by Crippen LogP contribution is 2.29. The molecule has 102 valence electrons. The smallest absolute Gasteiger partial charge is 0.263 e. The molecule has 1 amide bonds. The van der Waals surface area contributed by atoms with Gasteiger partial charge < -0.3 is 11.1 Å². The molecule has 3 N–H and O–H groups in total. The first-order valence-corrected chi connectivity index (χ1v) is 8.08. The van der Waals surface area contributed by atoms with Gasteiger partial charge in [-0.2, -0.15) is 11.8 Å². The molecular formula is C12H21N3OS2. The maximum Gasteiger partial charge on any atom is 0.263 e. The molecule has 6 heteroatoms. The van der Waals surface area contributed by atoms with Gasteiger partial charge in [0.2, 0.25) is 0 Å². The first kappa shape index (κ1) is 15.3. The van der Waals surface area contributed by atoms with Crippen LogP contribution in [0.5, 0.6) is 0 Å². The summed E-state index contributed by atoms with van der Waals surface area (Å²) in [6.45, 7) is 6.80. The van der Waals surface area contributed by atoms with E-state index in [1.165, 1.54) is 11.3 Å². The van der Waals surface area contributed by atoms with Crippen molar-refractivity contribution in [1.29, 1.82) is 0 Å². The van der Waals surface area contributed by atoms with Gasteiger partial charge in [-0.1, -0.05) is 25.2 Å². The second kappa shape index (κ2) is 6.43. The maximum atomic E-state index is 12.1. The van der Waals surface area contributed by atoms with Gasteiger partial charge >= 0.3 is 0 Å². The molecule has 0 fully saturated rings. The number of hydrogen-bond donors (Lipinski definition) is 2. The number of hydrogen-bond acceptors (Lipinski definition) is 5. The van der Waals surface area contributed by atoms with Crippen LogP contribution in [0.4, 0.5) is 5.13 Å². The molecule has 0 radical (unpaired) electrons. The van der Waals surface area contributed by atoms with Crippen LogP contribution >= 0.6 is 23.1 Å². The Morgan fingerprint density at radius 1 is 1.50 bits per heavy atom. The Kier molecular flexibility index (Phi) is 5.47. The van der Waals surface area contributed by atoms with Crippen LogP contribution in [0.15, 0.2) is 0 Å². The minimum Gasteiger partial charge on any atom is -0.375 e. The summed E-state index contributed by atoms with van der Waals surface area (Å²) in [6.07, 6.45) is 4.17. The van der Waals surface area contributed by atoms with Crippen LogP contribution in [-0.2, 0) is 0 Å². The second-order valence-electron chi connectivity index (χ2n) is 4.24. The zero-order valence-electron chi connectivity index (χ0n) is 11.4. The zero-order valence-corrected chi connectivity index (χ0v) is 13.0. The van der Waals surface area contributed by atoms with Crippen molar-refractivity contribution in [3.8, 4) is 0 Å². The van der Waals surface area contributed by atoms with Gasteiger partial charge in [-0.25, -0.2) is 4.98 Å². The fraction of sp³-hybridized carbons (Fsp3) is 0.667. The van der Waals surface area contributed by atoms with Crippen molar-refractivity contribution in [1.82, 2.24) is 10.3 Å². The van der Waals surface area contributed by atoms with Crippen molar-refractivity contribution in [3.63, 3.8) is 0 Å². The van der Waals surface area contributed by atoms with Crippen molar-refractivity contribution >= 4 is 34.1 Å².